The van der Waals surface area contributed by atoms with Crippen LogP contribution < -0.4 is 14.8 Å². The van der Waals surface area contributed by atoms with Gasteiger partial charge in [0, 0.05) is 19.2 Å². The first kappa shape index (κ1) is 21.1. The number of rotatable bonds is 5. The topological polar surface area (TPSA) is 67.9 Å². The fourth-order valence-corrected chi connectivity index (χ4v) is 5.45. The van der Waals surface area contributed by atoms with Gasteiger partial charge >= 0.3 is 0 Å². The maximum atomic E-state index is 13.8. The van der Waals surface area contributed by atoms with Gasteiger partial charge in [0.2, 0.25) is 10.0 Å². The maximum absolute atomic E-state index is 13.8. The third-order valence-corrected chi connectivity index (χ3v) is 7.26. The van der Waals surface area contributed by atoms with Crippen LogP contribution in [0.5, 0.6) is 11.5 Å². The highest BCUT2D eigenvalue weighted by molar-refractivity contribution is 7.89. The minimum absolute atomic E-state index is 0.143. The summed E-state index contributed by atoms with van der Waals surface area (Å²) in [6.45, 7) is 0.479. The lowest BCUT2D eigenvalue weighted by Crippen LogP contribution is -2.35. The third kappa shape index (κ3) is 4.22. The Morgan fingerprint density at radius 3 is 2.26 bits per heavy atom. The van der Waals surface area contributed by atoms with Crippen LogP contribution in [0, 0.1) is 5.82 Å². The molecule has 1 aliphatic rings. The second-order valence-corrected chi connectivity index (χ2v) is 9.07. The molecule has 0 bridgehead atoms. The number of methoxy groups -OCH3 is 2. The SMILES string of the molecule is COc1ccc(CN2C(c3ccc(F)cc3)CNc3ccc(OC)cc3S2(=O)=O)cc1. The largest absolute Gasteiger partial charge is 0.497 e. The molecule has 0 aromatic heterocycles. The molecule has 31 heavy (non-hydrogen) atoms. The Labute approximate surface area is 181 Å². The lowest BCUT2D eigenvalue weighted by molar-refractivity contribution is 0.330. The van der Waals surface area contributed by atoms with Gasteiger partial charge in [-0.3, -0.25) is 0 Å². The van der Waals surface area contributed by atoms with E-state index in [0.717, 1.165) is 5.56 Å². The molecule has 1 aliphatic heterocycles. The first-order chi connectivity index (χ1) is 14.9. The number of sulfonamides is 1. The van der Waals surface area contributed by atoms with E-state index in [1.807, 2.05) is 12.1 Å². The number of benzene rings is 3. The van der Waals surface area contributed by atoms with E-state index in [-0.39, 0.29) is 17.3 Å². The summed E-state index contributed by atoms with van der Waals surface area (Å²) in [5, 5.41) is 3.24. The fourth-order valence-electron chi connectivity index (χ4n) is 3.67. The summed E-state index contributed by atoms with van der Waals surface area (Å²) in [5.74, 6) is 0.769. The second kappa shape index (κ2) is 8.56. The smallest absolute Gasteiger partial charge is 0.246 e. The number of halogens is 1. The molecule has 0 saturated carbocycles. The van der Waals surface area contributed by atoms with E-state index >= 15 is 0 Å². The Morgan fingerprint density at radius 1 is 0.968 bits per heavy atom. The Kier molecular flexibility index (Phi) is 5.84. The average Bonchev–Trinajstić information content (AvgIpc) is 2.89. The molecule has 0 aliphatic carbocycles. The molecule has 3 aromatic rings. The van der Waals surface area contributed by atoms with Crippen molar-refractivity contribution in [1.29, 1.82) is 0 Å². The molecule has 3 aromatic carbocycles. The van der Waals surface area contributed by atoms with Gasteiger partial charge in [-0.25, -0.2) is 12.8 Å². The van der Waals surface area contributed by atoms with Crippen LogP contribution in [0.3, 0.4) is 0 Å². The van der Waals surface area contributed by atoms with Gasteiger partial charge in [0.15, 0.2) is 0 Å². The molecule has 0 amide bonds. The van der Waals surface area contributed by atoms with Gasteiger partial charge in [0.05, 0.1) is 25.9 Å². The first-order valence-corrected chi connectivity index (χ1v) is 11.2. The standard InChI is InChI=1S/C23H23FN2O4S/c1-29-19-9-3-16(4-10-19)15-26-22(17-5-7-18(24)8-6-17)14-25-21-12-11-20(30-2)13-23(21)31(26,27)28/h3-13,22,25H,14-15H2,1-2H3. The van der Waals surface area contributed by atoms with Crippen LogP contribution in [0.15, 0.2) is 71.6 Å². The molecule has 6 nitrogen and oxygen atoms in total. The number of nitrogens with one attached hydrogen (secondary N) is 1. The van der Waals surface area contributed by atoms with Crippen molar-refractivity contribution in [2.24, 2.45) is 0 Å². The van der Waals surface area contributed by atoms with Crippen molar-refractivity contribution in [3.63, 3.8) is 0 Å². The molecular weight excluding hydrogens is 419 g/mol. The van der Waals surface area contributed by atoms with Gasteiger partial charge in [-0.15, -0.1) is 0 Å². The Hall–Kier alpha value is -3.10. The van der Waals surface area contributed by atoms with Crippen LogP contribution in [0.4, 0.5) is 10.1 Å². The molecule has 0 radical (unpaired) electrons. The van der Waals surface area contributed by atoms with Crippen molar-refractivity contribution >= 4 is 15.7 Å². The quantitative estimate of drug-likeness (QED) is 0.642. The van der Waals surface area contributed by atoms with E-state index in [9.17, 15) is 12.8 Å². The highest BCUT2D eigenvalue weighted by Gasteiger charge is 2.37. The molecule has 0 saturated heterocycles. The summed E-state index contributed by atoms with van der Waals surface area (Å²) in [4.78, 5) is 0.143. The highest BCUT2D eigenvalue weighted by Crippen LogP contribution is 2.38. The number of hydrogen-bond donors (Lipinski definition) is 1. The van der Waals surface area contributed by atoms with E-state index in [4.69, 9.17) is 9.47 Å². The van der Waals surface area contributed by atoms with E-state index in [1.165, 1.54) is 29.6 Å². The minimum atomic E-state index is -3.91. The summed E-state index contributed by atoms with van der Waals surface area (Å²) in [7, 11) is -0.834. The van der Waals surface area contributed by atoms with Crippen molar-refractivity contribution in [3.05, 3.63) is 83.7 Å². The molecule has 0 fully saturated rings. The van der Waals surface area contributed by atoms with Crippen LogP contribution >= 0.6 is 0 Å². The second-order valence-electron chi connectivity index (χ2n) is 7.21. The van der Waals surface area contributed by atoms with Gasteiger partial charge < -0.3 is 14.8 Å². The summed E-state index contributed by atoms with van der Waals surface area (Å²) in [5.41, 5.74) is 2.01. The fraction of sp³-hybridized carbons (Fsp3) is 0.217. The molecule has 1 N–H and O–H groups in total. The Bertz CT molecular complexity index is 1170. The normalized spacial score (nSPS) is 17.8. The van der Waals surface area contributed by atoms with E-state index in [1.54, 1.807) is 43.5 Å². The van der Waals surface area contributed by atoms with Crippen molar-refractivity contribution in [2.45, 2.75) is 17.5 Å². The molecule has 1 heterocycles. The van der Waals surface area contributed by atoms with Crippen molar-refractivity contribution in [3.8, 4) is 11.5 Å². The van der Waals surface area contributed by atoms with Gasteiger partial charge in [-0.2, -0.15) is 4.31 Å². The zero-order valence-corrected chi connectivity index (χ0v) is 18.0. The number of ether oxygens (including phenoxy) is 2. The predicted octanol–water partition coefficient (Wildman–Crippen LogP) is 4.20. The predicted molar refractivity (Wildman–Crippen MR) is 116 cm³/mol. The third-order valence-electron chi connectivity index (χ3n) is 5.36. The molecule has 0 spiro atoms. The van der Waals surface area contributed by atoms with E-state index < -0.39 is 16.1 Å². The first-order valence-electron chi connectivity index (χ1n) is 9.74. The van der Waals surface area contributed by atoms with Crippen LogP contribution in [-0.2, 0) is 16.6 Å². The van der Waals surface area contributed by atoms with Crippen LogP contribution in [0.2, 0.25) is 0 Å². The summed E-state index contributed by atoms with van der Waals surface area (Å²) >= 11 is 0. The minimum Gasteiger partial charge on any atom is -0.497 e. The lowest BCUT2D eigenvalue weighted by Gasteiger charge is -2.29. The van der Waals surface area contributed by atoms with Crippen molar-refractivity contribution in [2.75, 3.05) is 26.1 Å². The van der Waals surface area contributed by atoms with Crippen LogP contribution in [0.1, 0.15) is 17.2 Å². The zero-order valence-electron chi connectivity index (χ0n) is 17.2. The van der Waals surface area contributed by atoms with E-state index in [2.05, 4.69) is 5.32 Å². The van der Waals surface area contributed by atoms with E-state index in [0.29, 0.717) is 29.3 Å². The lowest BCUT2D eigenvalue weighted by atomic mass is 10.1. The number of anilines is 1. The van der Waals surface area contributed by atoms with Crippen LogP contribution in [-0.4, -0.2) is 33.5 Å². The molecule has 162 valence electrons. The summed E-state index contributed by atoms with van der Waals surface area (Å²) in [6.07, 6.45) is 0. The molecule has 8 heteroatoms. The molecule has 4 rings (SSSR count). The van der Waals surface area contributed by atoms with Gasteiger partial charge in [0.1, 0.15) is 22.2 Å². The van der Waals surface area contributed by atoms with Gasteiger partial charge in [0.25, 0.3) is 0 Å². The Balaban J connectivity index is 1.81. The van der Waals surface area contributed by atoms with Crippen LogP contribution in [0.25, 0.3) is 0 Å². The Morgan fingerprint density at radius 2 is 1.61 bits per heavy atom. The molecule has 1 atom stereocenters. The monoisotopic (exact) mass is 442 g/mol. The molecular formula is C23H23FN2O4S. The van der Waals surface area contributed by atoms with Crippen molar-refractivity contribution < 1.29 is 22.3 Å². The summed E-state index contributed by atoms with van der Waals surface area (Å²) < 4.78 is 53.0. The molecule has 1 unspecified atom stereocenters. The number of nitrogens with zero attached hydrogens (tertiary/aromatic N) is 1. The van der Waals surface area contributed by atoms with Crippen molar-refractivity contribution in [1.82, 2.24) is 4.31 Å². The summed E-state index contributed by atoms with van der Waals surface area (Å²) in [6, 6.07) is 17.6. The number of fused-ring (bicyclic) bond motifs is 1. The van der Waals surface area contributed by atoms with Gasteiger partial charge in [-0.1, -0.05) is 24.3 Å². The maximum Gasteiger partial charge on any atom is 0.246 e. The average molecular weight is 443 g/mol. The van der Waals surface area contributed by atoms with Gasteiger partial charge in [-0.05, 0) is 47.5 Å². The number of hydrogen-bond acceptors (Lipinski definition) is 5. The highest BCUT2D eigenvalue weighted by atomic mass is 32.2. The zero-order chi connectivity index (χ0) is 22.0.